The molecule has 2 rings (SSSR count). The van der Waals surface area contributed by atoms with Gasteiger partial charge in [0.1, 0.15) is 12.4 Å². The van der Waals surface area contributed by atoms with E-state index in [1.807, 2.05) is 31.2 Å². The van der Waals surface area contributed by atoms with E-state index in [2.05, 4.69) is 5.32 Å². The summed E-state index contributed by atoms with van der Waals surface area (Å²) in [4.78, 5) is 22.2. The summed E-state index contributed by atoms with van der Waals surface area (Å²) in [5, 5.41) is 11.4. The molecule has 1 saturated carbocycles. The normalized spacial score (nSPS) is 20.7. The molecule has 5 nitrogen and oxygen atoms in total. The van der Waals surface area contributed by atoms with Crippen molar-refractivity contribution >= 4 is 11.9 Å². The van der Waals surface area contributed by atoms with Gasteiger partial charge in [0.15, 0.2) is 0 Å². The van der Waals surface area contributed by atoms with Crippen molar-refractivity contribution in [2.45, 2.75) is 13.3 Å². The second kappa shape index (κ2) is 5.73. The monoisotopic (exact) mass is 263 g/mol. The SMILES string of the molecule is Cc1ccccc1OCCNC(=O)[C@H]1C[C@@H]1C(=O)O. The Morgan fingerprint density at radius 3 is 2.74 bits per heavy atom. The molecule has 0 aromatic heterocycles. The average Bonchev–Trinajstić information content (AvgIpc) is 3.16. The summed E-state index contributed by atoms with van der Waals surface area (Å²) in [6, 6.07) is 7.65. The van der Waals surface area contributed by atoms with Crippen molar-refractivity contribution in [1.29, 1.82) is 0 Å². The Labute approximate surface area is 111 Å². The lowest BCUT2D eigenvalue weighted by molar-refractivity contribution is -0.140. The second-order valence-corrected chi connectivity index (χ2v) is 4.69. The van der Waals surface area contributed by atoms with Crippen molar-refractivity contribution in [3.8, 4) is 5.75 Å². The fourth-order valence-electron chi connectivity index (χ4n) is 1.94. The summed E-state index contributed by atoms with van der Waals surface area (Å²) in [5.74, 6) is -1.16. The first-order valence-corrected chi connectivity index (χ1v) is 6.28. The minimum atomic E-state index is -0.892. The number of amides is 1. The fourth-order valence-corrected chi connectivity index (χ4v) is 1.94. The molecule has 0 radical (unpaired) electrons. The number of carbonyl (C=O) groups excluding carboxylic acids is 1. The number of carbonyl (C=O) groups is 2. The molecule has 1 aromatic rings. The number of aliphatic carboxylic acids is 1. The number of aryl methyl sites for hydroxylation is 1. The van der Waals surface area contributed by atoms with Gasteiger partial charge in [0.25, 0.3) is 0 Å². The first-order chi connectivity index (χ1) is 9.09. The van der Waals surface area contributed by atoms with E-state index in [1.165, 1.54) is 0 Å². The highest BCUT2D eigenvalue weighted by Crippen LogP contribution is 2.38. The molecular formula is C14H17NO4. The zero-order valence-electron chi connectivity index (χ0n) is 10.8. The molecule has 0 aliphatic heterocycles. The maximum atomic E-state index is 11.6. The van der Waals surface area contributed by atoms with E-state index in [1.54, 1.807) is 0 Å². The van der Waals surface area contributed by atoms with E-state index in [4.69, 9.17) is 9.84 Å². The highest BCUT2D eigenvalue weighted by molar-refractivity contribution is 5.89. The molecule has 1 aliphatic carbocycles. The predicted octanol–water partition coefficient (Wildman–Crippen LogP) is 1.21. The maximum absolute atomic E-state index is 11.6. The van der Waals surface area contributed by atoms with Gasteiger partial charge in [0, 0.05) is 0 Å². The van der Waals surface area contributed by atoms with Gasteiger partial charge in [-0.05, 0) is 25.0 Å². The van der Waals surface area contributed by atoms with Gasteiger partial charge in [0.05, 0.1) is 18.4 Å². The van der Waals surface area contributed by atoms with Gasteiger partial charge in [0.2, 0.25) is 5.91 Å². The number of para-hydroxylation sites is 1. The number of rotatable bonds is 6. The summed E-state index contributed by atoms with van der Waals surface area (Å²) in [6.45, 7) is 2.71. The molecule has 0 spiro atoms. The van der Waals surface area contributed by atoms with Crippen LogP contribution in [0.2, 0.25) is 0 Å². The highest BCUT2D eigenvalue weighted by atomic mass is 16.5. The smallest absolute Gasteiger partial charge is 0.307 e. The van der Waals surface area contributed by atoms with Crippen LogP contribution in [0.1, 0.15) is 12.0 Å². The first-order valence-electron chi connectivity index (χ1n) is 6.28. The third-order valence-electron chi connectivity index (χ3n) is 3.20. The topological polar surface area (TPSA) is 75.6 Å². The molecule has 1 aromatic carbocycles. The van der Waals surface area contributed by atoms with Crippen LogP contribution in [0.4, 0.5) is 0 Å². The minimum absolute atomic E-state index is 0.194. The van der Waals surface area contributed by atoms with Crippen LogP contribution in [0, 0.1) is 18.8 Å². The molecule has 0 unspecified atom stereocenters. The first kappa shape index (κ1) is 13.4. The van der Waals surface area contributed by atoms with Gasteiger partial charge in [-0.3, -0.25) is 9.59 Å². The molecule has 2 atom stereocenters. The van der Waals surface area contributed by atoms with Gasteiger partial charge >= 0.3 is 5.97 Å². The number of benzene rings is 1. The molecule has 5 heteroatoms. The summed E-state index contributed by atoms with van der Waals surface area (Å²) >= 11 is 0. The third-order valence-corrected chi connectivity index (χ3v) is 3.20. The van der Waals surface area contributed by atoms with Gasteiger partial charge < -0.3 is 15.2 Å². The molecule has 0 heterocycles. The lowest BCUT2D eigenvalue weighted by atomic mass is 10.2. The molecule has 1 fully saturated rings. The zero-order chi connectivity index (χ0) is 13.8. The average molecular weight is 263 g/mol. The van der Waals surface area contributed by atoms with Crippen LogP contribution in [-0.2, 0) is 9.59 Å². The van der Waals surface area contributed by atoms with Crippen LogP contribution in [0.15, 0.2) is 24.3 Å². The molecule has 2 N–H and O–H groups in total. The van der Waals surface area contributed by atoms with Crippen molar-refractivity contribution in [1.82, 2.24) is 5.32 Å². The van der Waals surface area contributed by atoms with Crippen molar-refractivity contribution in [2.75, 3.05) is 13.2 Å². The Hall–Kier alpha value is -2.04. The summed E-state index contributed by atoms with van der Waals surface area (Å²) in [5.41, 5.74) is 1.04. The summed E-state index contributed by atoms with van der Waals surface area (Å²) in [7, 11) is 0. The lowest BCUT2D eigenvalue weighted by Crippen LogP contribution is -2.30. The standard InChI is InChI=1S/C14H17NO4/c1-9-4-2-3-5-12(9)19-7-6-15-13(16)10-8-11(10)14(17)18/h2-5,10-11H,6-8H2,1H3,(H,15,16)(H,17,18)/t10-,11-/m0/s1. The number of carboxylic acid groups (broad SMARTS) is 1. The number of hydrogen-bond acceptors (Lipinski definition) is 3. The van der Waals surface area contributed by atoms with Crippen molar-refractivity contribution in [2.24, 2.45) is 11.8 Å². The molecule has 0 saturated heterocycles. The lowest BCUT2D eigenvalue weighted by Gasteiger charge is -2.09. The van der Waals surface area contributed by atoms with E-state index in [0.717, 1.165) is 11.3 Å². The Morgan fingerprint density at radius 1 is 1.37 bits per heavy atom. The van der Waals surface area contributed by atoms with Crippen LogP contribution in [0.5, 0.6) is 5.75 Å². The largest absolute Gasteiger partial charge is 0.491 e. The Bertz CT molecular complexity index is 486. The van der Waals surface area contributed by atoms with Gasteiger partial charge in [-0.1, -0.05) is 18.2 Å². The Morgan fingerprint density at radius 2 is 2.11 bits per heavy atom. The summed E-state index contributed by atoms with van der Waals surface area (Å²) in [6.07, 6.45) is 0.444. The van der Waals surface area contributed by atoms with Crippen LogP contribution < -0.4 is 10.1 Å². The number of hydrogen-bond donors (Lipinski definition) is 2. The van der Waals surface area contributed by atoms with Crippen molar-refractivity contribution in [3.05, 3.63) is 29.8 Å². The van der Waals surface area contributed by atoms with Crippen LogP contribution >= 0.6 is 0 Å². The second-order valence-electron chi connectivity index (χ2n) is 4.69. The zero-order valence-corrected chi connectivity index (χ0v) is 10.8. The fraction of sp³-hybridized carbons (Fsp3) is 0.429. The van der Waals surface area contributed by atoms with E-state index < -0.39 is 11.9 Å². The third kappa shape index (κ3) is 3.47. The molecule has 19 heavy (non-hydrogen) atoms. The molecule has 102 valence electrons. The van der Waals surface area contributed by atoms with Gasteiger partial charge in [-0.15, -0.1) is 0 Å². The van der Waals surface area contributed by atoms with Gasteiger partial charge in [-0.2, -0.15) is 0 Å². The van der Waals surface area contributed by atoms with Crippen LogP contribution in [0.3, 0.4) is 0 Å². The number of ether oxygens (including phenoxy) is 1. The number of nitrogens with one attached hydrogen (secondary N) is 1. The van der Waals surface area contributed by atoms with E-state index in [0.29, 0.717) is 19.6 Å². The van der Waals surface area contributed by atoms with Crippen LogP contribution in [-0.4, -0.2) is 30.1 Å². The van der Waals surface area contributed by atoms with E-state index >= 15 is 0 Å². The van der Waals surface area contributed by atoms with Crippen molar-refractivity contribution in [3.63, 3.8) is 0 Å². The molecule has 1 amide bonds. The van der Waals surface area contributed by atoms with Crippen LogP contribution in [0.25, 0.3) is 0 Å². The minimum Gasteiger partial charge on any atom is -0.491 e. The quantitative estimate of drug-likeness (QED) is 0.756. The Balaban J connectivity index is 1.66. The molecule has 1 aliphatic rings. The van der Waals surface area contributed by atoms with E-state index in [-0.39, 0.29) is 11.8 Å². The maximum Gasteiger partial charge on any atom is 0.307 e. The highest BCUT2D eigenvalue weighted by Gasteiger charge is 2.48. The summed E-state index contributed by atoms with van der Waals surface area (Å²) < 4.78 is 5.53. The predicted molar refractivity (Wildman–Crippen MR) is 68.9 cm³/mol. The van der Waals surface area contributed by atoms with Crippen molar-refractivity contribution < 1.29 is 19.4 Å². The molecule has 0 bridgehead atoms. The molecular weight excluding hydrogens is 246 g/mol. The Kier molecular flexibility index (Phi) is 4.04. The number of carboxylic acids is 1. The van der Waals surface area contributed by atoms with Gasteiger partial charge in [-0.25, -0.2) is 0 Å². The van der Waals surface area contributed by atoms with E-state index in [9.17, 15) is 9.59 Å².